The Kier molecular flexibility index (Phi) is 4.45. The third-order valence-electron chi connectivity index (χ3n) is 3.36. The number of rotatable bonds is 4. The van der Waals surface area contributed by atoms with Crippen molar-refractivity contribution >= 4 is 15.7 Å². The molecule has 1 N–H and O–H groups in total. The van der Waals surface area contributed by atoms with Gasteiger partial charge in [-0.3, -0.25) is 4.79 Å². The minimum absolute atomic E-state index is 0.155. The number of carbonyl (C=O) groups is 1. The maximum absolute atomic E-state index is 12.0. The van der Waals surface area contributed by atoms with E-state index in [9.17, 15) is 13.2 Å². The minimum Gasteiger partial charge on any atom is -0.351 e. The number of sulfone groups is 1. The first-order valence-electron chi connectivity index (χ1n) is 6.69. The van der Waals surface area contributed by atoms with E-state index >= 15 is 0 Å². The van der Waals surface area contributed by atoms with Crippen LogP contribution < -0.4 is 5.32 Å². The van der Waals surface area contributed by atoms with Gasteiger partial charge in [0.05, 0.1) is 10.6 Å². The second kappa shape index (κ2) is 5.93. The lowest BCUT2D eigenvalue weighted by molar-refractivity contribution is 0.0951. The Balaban J connectivity index is 2.13. The van der Waals surface area contributed by atoms with Crippen LogP contribution in [-0.2, 0) is 16.3 Å². The molecule has 6 heteroatoms. The second-order valence-electron chi connectivity index (χ2n) is 5.30. The van der Waals surface area contributed by atoms with Crippen molar-refractivity contribution in [3.63, 3.8) is 0 Å². The summed E-state index contributed by atoms with van der Waals surface area (Å²) in [6, 6.07) is 4.86. The molecule has 0 atom stereocenters. The van der Waals surface area contributed by atoms with Gasteiger partial charge in [-0.25, -0.2) is 8.42 Å². The van der Waals surface area contributed by atoms with Crippen molar-refractivity contribution in [2.75, 3.05) is 32.9 Å². The predicted molar refractivity (Wildman–Crippen MR) is 77.7 cm³/mol. The van der Waals surface area contributed by atoms with Crippen LogP contribution >= 0.6 is 0 Å². The van der Waals surface area contributed by atoms with Crippen LogP contribution in [-0.4, -0.2) is 52.2 Å². The van der Waals surface area contributed by atoms with Crippen LogP contribution in [0.2, 0.25) is 0 Å². The van der Waals surface area contributed by atoms with E-state index in [-0.39, 0.29) is 11.7 Å². The number of nitrogens with zero attached hydrogens (tertiary/aromatic N) is 1. The molecular formula is C14H20N2O3S. The Morgan fingerprint density at radius 2 is 2.10 bits per heavy atom. The number of hydrogen-bond donors (Lipinski definition) is 1. The SMILES string of the molecule is CN(C)CCNC(=O)c1ccc2c(c1)CCCS2(=O)=O. The highest BCUT2D eigenvalue weighted by Gasteiger charge is 2.24. The molecular weight excluding hydrogens is 276 g/mol. The van der Waals surface area contributed by atoms with E-state index in [4.69, 9.17) is 0 Å². The zero-order valence-corrected chi connectivity index (χ0v) is 12.7. The van der Waals surface area contributed by atoms with E-state index < -0.39 is 9.84 Å². The Morgan fingerprint density at radius 1 is 1.35 bits per heavy atom. The van der Waals surface area contributed by atoms with Gasteiger partial charge in [-0.1, -0.05) is 0 Å². The number of amides is 1. The van der Waals surface area contributed by atoms with Crippen molar-refractivity contribution in [1.82, 2.24) is 10.2 Å². The van der Waals surface area contributed by atoms with Gasteiger partial charge in [-0.15, -0.1) is 0 Å². The molecule has 0 radical (unpaired) electrons. The number of hydrogen-bond acceptors (Lipinski definition) is 4. The summed E-state index contributed by atoms with van der Waals surface area (Å²) >= 11 is 0. The molecule has 0 aliphatic carbocycles. The lowest BCUT2D eigenvalue weighted by atomic mass is 10.1. The van der Waals surface area contributed by atoms with E-state index in [1.807, 2.05) is 19.0 Å². The van der Waals surface area contributed by atoms with Gasteiger partial charge in [-0.05, 0) is 50.7 Å². The Bertz CT molecular complexity index is 609. The van der Waals surface area contributed by atoms with Crippen LogP contribution in [0.25, 0.3) is 0 Å². The van der Waals surface area contributed by atoms with Gasteiger partial charge in [0.1, 0.15) is 0 Å². The first-order chi connectivity index (χ1) is 9.40. The van der Waals surface area contributed by atoms with Crippen LogP contribution in [0.1, 0.15) is 22.3 Å². The molecule has 1 aliphatic rings. The van der Waals surface area contributed by atoms with E-state index in [0.29, 0.717) is 29.8 Å². The molecule has 0 aromatic heterocycles. The first kappa shape index (κ1) is 15.0. The molecule has 110 valence electrons. The van der Waals surface area contributed by atoms with Crippen LogP contribution in [0.5, 0.6) is 0 Å². The molecule has 0 saturated heterocycles. The molecule has 0 fully saturated rings. The highest BCUT2D eigenvalue weighted by molar-refractivity contribution is 7.91. The number of fused-ring (bicyclic) bond motifs is 1. The van der Waals surface area contributed by atoms with Crippen LogP contribution in [0.4, 0.5) is 0 Å². The minimum atomic E-state index is -3.15. The summed E-state index contributed by atoms with van der Waals surface area (Å²) in [5, 5.41) is 2.83. The molecule has 0 spiro atoms. The van der Waals surface area contributed by atoms with Gasteiger partial charge < -0.3 is 10.2 Å². The van der Waals surface area contributed by atoms with Crippen molar-refractivity contribution < 1.29 is 13.2 Å². The fourth-order valence-electron chi connectivity index (χ4n) is 2.28. The normalized spacial score (nSPS) is 16.8. The second-order valence-corrected chi connectivity index (χ2v) is 7.38. The van der Waals surface area contributed by atoms with Crippen LogP contribution in [0, 0.1) is 0 Å². The standard InChI is InChI=1S/C14H20N2O3S/c1-16(2)8-7-15-14(17)12-5-6-13-11(10-12)4-3-9-20(13,18)19/h5-6,10H,3-4,7-9H2,1-2H3,(H,15,17). The molecule has 2 rings (SSSR count). The molecule has 0 bridgehead atoms. The van der Waals surface area contributed by atoms with Gasteiger partial charge in [0, 0.05) is 18.7 Å². The number of aryl methyl sites for hydroxylation is 1. The fourth-order valence-corrected chi connectivity index (χ4v) is 3.86. The zero-order valence-electron chi connectivity index (χ0n) is 11.8. The van der Waals surface area contributed by atoms with Crippen molar-refractivity contribution in [3.8, 4) is 0 Å². The summed E-state index contributed by atoms with van der Waals surface area (Å²) in [5.41, 5.74) is 1.29. The quantitative estimate of drug-likeness (QED) is 0.888. The molecule has 20 heavy (non-hydrogen) atoms. The smallest absolute Gasteiger partial charge is 0.251 e. The molecule has 0 unspecified atom stereocenters. The van der Waals surface area contributed by atoms with E-state index in [0.717, 1.165) is 12.1 Å². The van der Waals surface area contributed by atoms with Gasteiger partial charge in [-0.2, -0.15) is 0 Å². The molecule has 5 nitrogen and oxygen atoms in total. The average molecular weight is 296 g/mol. The Labute approximate surface area is 119 Å². The van der Waals surface area contributed by atoms with E-state index in [1.165, 1.54) is 0 Å². The van der Waals surface area contributed by atoms with E-state index in [2.05, 4.69) is 5.32 Å². The van der Waals surface area contributed by atoms with Crippen molar-refractivity contribution in [1.29, 1.82) is 0 Å². The van der Waals surface area contributed by atoms with Gasteiger partial charge in [0.2, 0.25) is 0 Å². The number of carbonyl (C=O) groups excluding carboxylic acids is 1. The molecule has 0 saturated carbocycles. The highest BCUT2D eigenvalue weighted by Crippen LogP contribution is 2.25. The predicted octanol–water partition coefficient (Wildman–Crippen LogP) is 0.698. The highest BCUT2D eigenvalue weighted by atomic mass is 32.2. The summed E-state index contributed by atoms with van der Waals surface area (Å²) in [6.07, 6.45) is 1.34. The molecule has 1 amide bonds. The van der Waals surface area contributed by atoms with E-state index in [1.54, 1.807) is 18.2 Å². The zero-order chi connectivity index (χ0) is 14.8. The average Bonchev–Trinajstić information content (AvgIpc) is 2.37. The fraction of sp³-hybridized carbons (Fsp3) is 0.500. The van der Waals surface area contributed by atoms with Crippen LogP contribution in [0.3, 0.4) is 0 Å². The monoisotopic (exact) mass is 296 g/mol. The lowest BCUT2D eigenvalue weighted by Gasteiger charge is -2.17. The third kappa shape index (κ3) is 3.37. The Hall–Kier alpha value is -1.40. The number of likely N-dealkylation sites (N-methyl/N-ethyl adjacent to an activating group) is 1. The molecule has 1 aliphatic heterocycles. The number of benzene rings is 1. The summed E-state index contributed by atoms with van der Waals surface area (Å²) in [7, 11) is 0.730. The van der Waals surface area contributed by atoms with Crippen molar-refractivity contribution in [3.05, 3.63) is 29.3 Å². The topological polar surface area (TPSA) is 66.5 Å². The number of nitrogens with one attached hydrogen (secondary N) is 1. The summed E-state index contributed by atoms with van der Waals surface area (Å²) in [6.45, 7) is 1.34. The largest absolute Gasteiger partial charge is 0.351 e. The molecule has 1 aromatic carbocycles. The van der Waals surface area contributed by atoms with Gasteiger partial charge in [0.15, 0.2) is 9.84 Å². The van der Waals surface area contributed by atoms with Crippen molar-refractivity contribution in [2.45, 2.75) is 17.7 Å². The summed E-state index contributed by atoms with van der Waals surface area (Å²) in [4.78, 5) is 14.4. The lowest BCUT2D eigenvalue weighted by Crippen LogP contribution is -2.31. The third-order valence-corrected chi connectivity index (χ3v) is 5.26. The maximum atomic E-state index is 12.0. The summed E-state index contributed by atoms with van der Waals surface area (Å²) < 4.78 is 23.8. The van der Waals surface area contributed by atoms with Crippen molar-refractivity contribution in [2.24, 2.45) is 0 Å². The summed E-state index contributed by atoms with van der Waals surface area (Å²) in [5.74, 6) is 0.0478. The first-order valence-corrected chi connectivity index (χ1v) is 8.34. The molecule has 1 heterocycles. The molecule has 1 aromatic rings. The van der Waals surface area contributed by atoms with Gasteiger partial charge >= 0.3 is 0 Å². The van der Waals surface area contributed by atoms with Crippen LogP contribution in [0.15, 0.2) is 23.1 Å². The van der Waals surface area contributed by atoms with Gasteiger partial charge in [0.25, 0.3) is 5.91 Å². The maximum Gasteiger partial charge on any atom is 0.251 e. The Morgan fingerprint density at radius 3 is 2.80 bits per heavy atom.